The molecule has 0 aliphatic heterocycles. The van der Waals surface area contributed by atoms with Crippen molar-refractivity contribution in [2.75, 3.05) is 13.2 Å². The molecule has 0 atom stereocenters. The molecule has 0 unspecified atom stereocenters. The van der Waals surface area contributed by atoms with E-state index in [-0.39, 0.29) is 6.61 Å². The van der Waals surface area contributed by atoms with Gasteiger partial charge in [-0.2, -0.15) is 4.98 Å². The van der Waals surface area contributed by atoms with Crippen LogP contribution in [0.2, 0.25) is 0 Å². The van der Waals surface area contributed by atoms with Gasteiger partial charge in [0.2, 0.25) is 11.7 Å². The number of aromatic nitrogens is 2. The molecule has 112 valence electrons. The first-order chi connectivity index (χ1) is 10.4. The zero-order valence-corrected chi connectivity index (χ0v) is 12.1. The predicted octanol–water partition coefficient (Wildman–Crippen LogP) is 2.47. The molecule has 5 nitrogen and oxygen atoms in total. The molecule has 0 amide bonds. The molecule has 2 aromatic rings. The van der Waals surface area contributed by atoms with Crippen LogP contribution in [0.25, 0.3) is 11.4 Å². The Hall–Kier alpha value is -1.72. The number of hydrogen-bond donors (Lipinski definition) is 1. The van der Waals surface area contributed by atoms with Crippen LogP contribution in [0, 0.1) is 0 Å². The Balaban J connectivity index is 1.70. The van der Waals surface area contributed by atoms with Crippen molar-refractivity contribution in [3.8, 4) is 11.4 Å². The minimum atomic E-state index is 0.163. The maximum Gasteiger partial charge on any atom is 0.241 e. The summed E-state index contributed by atoms with van der Waals surface area (Å²) in [4.78, 5) is 6.73. The van der Waals surface area contributed by atoms with Crippen LogP contribution in [-0.2, 0) is 6.54 Å². The summed E-state index contributed by atoms with van der Waals surface area (Å²) < 4.78 is 5.37. The molecular weight excluding hydrogens is 266 g/mol. The fourth-order valence-electron chi connectivity index (χ4n) is 2.99. The van der Waals surface area contributed by atoms with Crippen LogP contribution in [0.1, 0.15) is 31.6 Å². The van der Waals surface area contributed by atoms with Gasteiger partial charge in [0.1, 0.15) is 0 Å². The van der Waals surface area contributed by atoms with Gasteiger partial charge in [-0.1, -0.05) is 48.3 Å². The highest BCUT2D eigenvalue weighted by molar-refractivity contribution is 5.53. The van der Waals surface area contributed by atoms with Crippen molar-refractivity contribution >= 4 is 0 Å². The van der Waals surface area contributed by atoms with Gasteiger partial charge >= 0.3 is 0 Å². The van der Waals surface area contributed by atoms with Crippen LogP contribution in [0.15, 0.2) is 34.9 Å². The van der Waals surface area contributed by atoms with E-state index in [9.17, 15) is 5.11 Å². The Morgan fingerprint density at radius 2 is 1.95 bits per heavy atom. The second-order valence-corrected chi connectivity index (χ2v) is 5.51. The number of nitrogens with zero attached hydrogens (tertiary/aromatic N) is 3. The van der Waals surface area contributed by atoms with Crippen LogP contribution in [0.4, 0.5) is 0 Å². The maximum atomic E-state index is 9.25. The number of benzene rings is 1. The summed E-state index contributed by atoms with van der Waals surface area (Å²) in [6, 6.07) is 10.4. The van der Waals surface area contributed by atoms with E-state index < -0.39 is 0 Å². The third-order valence-electron chi connectivity index (χ3n) is 4.07. The van der Waals surface area contributed by atoms with Gasteiger partial charge in [-0.05, 0) is 12.8 Å². The van der Waals surface area contributed by atoms with Gasteiger partial charge in [-0.3, -0.25) is 4.90 Å². The Morgan fingerprint density at radius 1 is 1.19 bits per heavy atom. The highest BCUT2D eigenvalue weighted by atomic mass is 16.5. The first-order valence-electron chi connectivity index (χ1n) is 7.60. The fraction of sp³-hybridized carbons (Fsp3) is 0.500. The second-order valence-electron chi connectivity index (χ2n) is 5.51. The van der Waals surface area contributed by atoms with Gasteiger partial charge in [0.15, 0.2) is 0 Å². The van der Waals surface area contributed by atoms with E-state index in [2.05, 4.69) is 15.0 Å². The lowest BCUT2D eigenvalue weighted by Crippen LogP contribution is -2.35. The lowest BCUT2D eigenvalue weighted by atomic mass is 10.2. The molecule has 0 bridgehead atoms. The first-order valence-corrected chi connectivity index (χ1v) is 7.60. The summed E-state index contributed by atoms with van der Waals surface area (Å²) in [7, 11) is 0. The van der Waals surface area contributed by atoms with Gasteiger partial charge in [0.25, 0.3) is 0 Å². The molecule has 5 heteroatoms. The molecule has 1 aliphatic rings. The van der Waals surface area contributed by atoms with E-state index in [4.69, 9.17) is 4.52 Å². The van der Waals surface area contributed by atoms with Crippen LogP contribution < -0.4 is 0 Å². The van der Waals surface area contributed by atoms with E-state index in [1.165, 1.54) is 25.7 Å². The van der Waals surface area contributed by atoms with Gasteiger partial charge in [-0.25, -0.2) is 0 Å². The van der Waals surface area contributed by atoms with E-state index in [1.54, 1.807) is 0 Å². The van der Waals surface area contributed by atoms with Gasteiger partial charge in [0.05, 0.1) is 13.2 Å². The smallest absolute Gasteiger partial charge is 0.241 e. The van der Waals surface area contributed by atoms with Crippen LogP contribution >= 0.6 is 0 Å². The van der Waals surface area contributed by atoms with Crippen molar-refractivity contribution in [1.29, 1.82) is 0 Å². The molecule has 1 aromatic heterocycles. The Labute approximate surface area is 124 Å². The minimum absolute atomic E-state index is 0.163. The molecule has 1 N–H and O–H groups in total. The van der Waals surface area contributed by atoms with Crippen molar-refractivity contribution in [2.45, 2.75) is 38.3 Å². The fourth-order valence-corrected chi connectivity index (χ4v) is 2.99. The maximum absolute atomic E-state index is 9.25. The van der Waals surface area contributed by atoms with E-state index >= 15 is 0 Å². The molecule has 1 saturated carbocycles. The summed E-state index contributed by atoms with van der Waals surface area (Å²) >= 11 is 0. The second kappa shape index (κ2) is 6.83. The lowest BCUT2D eigenvalue weighted by Gasteiger charge is -2.26. The van der Waals surface area contributed by atoms with Crippen molar-refractivity contribution in [3.63, 3.8) is 0 Å². The number of rotatable bonds is 6. The molecular formula is C16H21N3O2. The SMILES string of the molecule is OCCN(Cc1nc(-c2ccccc2)no1)C1CCCC1. The quantitative estimate of drug-likeness (QED) is 0.884. The molecule has 1 fully saturated rings. The summed E-state index contributed by atoms with van der Waals surface area (Å²) in [6.45, 7) is 1.44. The zero-order valence-electron chi connectivity index (χ0n) is 12.1. The van der Waals surface area contributed by atoms with E-state index in [0.29, 0.717) is 30.8 Å². The Bertz CT molecular complexity index is 550. The molecule has 0 radical (unpaired) electrons. The molecule has 3 rings (SSSR count). The zero-order chi connectivity index (χ0) is 14.5. The number of aliphatic hydroxyl groups excluding tert-OH is 1. The third kappa shape index (κ3) is 3.49. The van der Waals surface area contributed by atoms with Crippen molar-refractivity contribution in [3.05, 3.63) is 36.2 Å². The average molecular weight is 287 g/mol. The summed E-state index contributed by atoms with van der Waals surface area (Å²) in [5.41, 5.74) is 0.960. The average Bonchev–Trinajstić information content (AvgIpc) is 3.19. The summed E-state index contributed by atoms with van der Waals surface area (Å²) in [5.74, 6) is 1.25. The van der Waals surface area contributed by atoms with E-state index in [0.717, 1.165) is 5.56 Å². The van der Waals surface area contributed by atoms with Crippen molar-refractivity contribution < 1.29 is 9.63 Å². The largest absolute Gasteiger partial charge is 0.395 e. The topological polar surface area (TPSA) is 62.4 Å². The normalized spacial score (nSPS) is 15.9. The standard InChI is InChI=1S/C16H21N3O2/c20-11-10-19(14-8-4-5-9-14)12-15-17-16(18-21-15)13-6-2-1-3-7-13/h1-3,6-7,14,20H,4-5,8-12H2. The Kier molecular flexibility index (Phi) is 4.62. The van der Waals surface area contributed by atoms with Crippen LogP contribution in [-0.4, -0.2) is 39.3 Å². The van der Waals surface area contributed by atoms with Gasteiger partial charge < -0.3 is 9.63 Å². The predicted molar refractivity (Wildman–Crippen MR) is 79.5 cm³/mol. The highest BCUT2D eigenvalue weighted by Crippen LogP contribution is 2.25. The van der Waals surface area contributed by atoms with Crippen molar-refractivity contribution in [1.82, 2.24) is 15.0 Å². The molecule has 1 heterocycles. The summed E-state index contributed by atoms with van der Waals surface area (Å²) in [6.07, 6.45) is 4.93. The number of hydrogen-bond acceptors (Lipinski definition) is 5. The summed E-state index contributed by atoms with van der Waals surface area (Å²) in [5, 5.41) is 13.3. The van der Waals surface area contributed by atoms with Gasteiger partial charge in [0, 0.05) is 18.2 Å². The molecule has 0 spiro atoms. The molecule has 1 aromatic carbocycles. The minimum Gasteiger partial charge on any atom is -0.395 e. The highest BCUT2D eigenvalue weighted by Gasteiger charge is 2.24. The van der Waals surface area contributed by atoms with Crippen LogP contribution in [0.5, 0.6) is 0 Å². The third-order valence-corrected chi connectivity index (χ3v) is 4.07. The van der Waals surface area contributed by atoms with Gasteiger partial charge in [-0.15, -0.1) is 0 Å². The first kappa shape index (κ1) is 14.2. The van der Waals surface area contributed by atoms with Crippen molar-refractivity contribution in [2.24, 2.45) is 0 Å². The van der Waals surface area contributed by atoms with Crippen LogP contribution in [0.3, 0.4) is 0 Å². The molecule has 21 heavy (non-hydrogen) atoms. The molecule has 1 aliphatic carbocycles. The Morgan fingerprint density at radius 3 is 2.67 bits per heavy atom. The number of aliphatic hydroxyl groups is 1. The van der Waals surface area contributed by atoms with E-state index in [1.807, 2.05) is 30.3 Å². The molecule has 0 saturated heterocycles. The monoisotopic (exact) mass is 287 g/mol. The lowest BCUT2D eigenvalue weighted by molar-refractivity contribution is 0.130.